The summed E-state index contributed by atoms with van der Waals surface area (Å²) < 4.78 is 62.4. The Balaban J connectivity index is 4.17. The first-order valence-electron chi connectivity index (χ1n) is 4.47. The van der Waals surface area contributed by atoms with Gasteiger partial charge in [-0.25, -0.2) is 4.79 Å². The molecule has 0 fully saturated rings. The zero-order chi connectivity index (χ0) is 14.6. The van der Waals surface area contributed by atoms with Crippen molar-refractivity contribution < 1.29 is 41.1 Å². The number of ether oxygens (including phenoxy) is 2. The smallest absolute Gasteiger partial charge is 0.418 e. The van der Waals surface area contributed by atoms with E-state index in [-0.39, 0.29) is 5.57 Å². The maximum Gasteiger partial charge on any atom is 0.418 e. The average molecular weight is 290 g/mol. The predicted octanol–water partition coefficient (Wildman–Crippen LogP) is -0.0787. The normalized spacial score (nSPS) is 14.1. The van der Waals surface area contributed by atoms with E-state index in [9.17, 15) is 22.0 Å². The van der Waals surface area contributed by atoms with Crippen LogP contribution in [0.4, 0.5) is 8.78 Å². The summed E-state index contributed by atoms with van der Waals surface area (Å²) in [6.07, 6.45) is -3.07. The minimum atomic E-state index is -5.80. The third-order valence-electron chi connectivity index (χ3n) is 1.57. The van der Waals surface area contributed by atoms with Gasteiger partial charge in [0.05, 0.1) is 6.61 Å². The van der Waals surface area contributed by atoms with Gasteiger partial charge in [0.25, 0.3) is 0 Å². The van der Waals surface area contributed by atoms with E-state index in [0.717, 1.165) is 0 Å². The van der Waals surface area contributed by atoms with Crippen LogP contribution in [-0.2, 0) is 24.4 Å². The summed E-state index contributed by atoms with van der Waals surface area (Å²) in [5.74, 6) is -0.797. The van der Waals surface area contributed by atoms with E-state index in [1.54, 1.807) is 0 Å². The summed E-state index contributed by atoms with van der Waals surface area (Å²) in [7, 11) is -5.80. The minimum absolute atomic E-state index is 0.0683. The van der Waals surface area contributed by atoms with Gasteiger partial charge in [0.1, 0.15) is 6.61 Å². The molecule has 0 radical (unpaired) electrons. The summed E-state index contributed by atoms with van der Waals surface area (Å²) in [5, 5.41) is 3.85. The zero-order valence-electron chi connectivity index (χ0n) is 9.30. The number of aliphatic hydroxyl groups is 1. The average Bonchev–Trinajstić information content (AvgIpc) is 2.21. The molecule has 18 heavy (non-hydrogen) atoms. The molecular formula is C8H12F2O7S. The van der Waals surface area contributed by atoms with Crippen molar-refractivity contribution in [3.8, 4) is 0 Å². The number of carbonyl (C=O) groups excluding carboxylic acids is 1. The number of halogens is 2. The van der Waals surface area contributed by atoms with Gasteiger partial charge in [-0.1, -0.05) is 6.58 Å². The number of esters is 1. The Hall–Kier alpha value is -1.10. The standard InChI is InChI=1S/C8H12F2O7S/c1-5(2)6(11)16-3-4-17-7(12)8(9,10)18(13,14)15/h7,12H,1,3-4H2,2H3,(H,13,14,15). The van der Waals surface area contributed by atoms with E-state index in [1.165, 1.54) is 6.92 Å². The highest BCUT2D eigenvalue weighted by atomic mass is 32.2. The molecule has 1 unspecified atom stereocenters. The van der Waals surface area contributed by atoms with Crippen LogP contribution >= 0.6 is 0 Å². The van der Waals surface area contributed by atoms with Crippen molar-refractivity contribution >= 4 is 16.1 Å². The van der Waals surface area contributed by atoms with E-state index in [1.807, 2.05) is 0 Å². The molecule has 0 spiro atoms. The Morgan fingerprint density at radius 2 is 1.94 bits per heavy atom. The van der Waals surface area contributed by atoms with Gasteiger partial charge >= 0.3 is 21.3 Å². The summed E-state index contributed by atoms with van der Waals surface area (Å²) in [6.45, 7) is 3.41. The quantitative estimate of drug-likeness (QED) is 0.222. The molecule has 1 atom stereocenters. The molecule has 0 saturated carbocycles. The van der Waals surface area contributed by atoms with Crippen LogP contribution in [-0.4, -0.2) is 48.8 Å². The fourth-order valence-electron chi connectivity index (χ4n) is 0.642. The Morgan fingerprint density at radius 1 is 1.44 bits per heavy atom. The molecule has 0 rings (SSSR count). The third kappa shape index (κ3) is 4.64. The molecule has 0 aliphatic rings. The van der Waals surface area contributed by atoms with Gasteiger partial charge in [-0.15, -0.1) is 0 Å². The zero-order valence-corrected chi connectivity index (χ0v) is 10.1. The second-order valence-corrected chi connectivity index (χ2v) is 4.67. The topological polar surface area (TPSA) is 110 Å². The molecule has 0 saturated heterocycles. The molecular weight excluding hydrogens is 278 g/mol. The summed E-state index contributed by atoms with van der Waals surface area (Å²) in [4.78, 5) is 10.8. The molecule has 0 aliphatic heterocycles. The van der Waals surface area contributed by atoms with Crippen molar-refractivity contribution in [1.82, 2.24) is 0 Å². The van der Waals surface area contributed by atoms with Gasteiger partial charge in [-0.3, -0.25) is 4.55 Å². The van der Waals surface area contributed by atoms with Gasteiger partial charge in [0.2, 0.25) is 6.29 Å². The lowest BCUT2D eigenvalue weighted by Crippen LogP contribution is -2.43. The first kappa shape index (κ1) is 16.9. The second kappa shape index (κ2) is 6.18. The van der Waals surface area contributed by atoms with Gasteiger partial charge in [0, 0.05) is 5.57 Å². The number of hydrogen-bond donors (Lipinski definition) is 2. The van der Waals surface area contributed by atoms with Crippen LogP contribution in [0.3, 0.4) is 0 Å². The largest absolute Gasteiger partial charge is 0.460 e. The highest BCUT2D eigenvalue weighted by Gasteiger charge is 2.52. The Labute approximate surface area is 102 Å². The SMILES string of the molecule is C=C(C)C(=O)OCCOC(O)C(F)(F)S(=O)(=O)O. The fourth-order valence-corrected chi connectivity index (χ4v) is 0.965. The predicted molar refractivity (Wildman–Crippen MR) is 54.2 cm³/mol. The van der Waals surface area contributed by atoms with E-state index in [4.69, 9.17) is 9.66 Å². The van der Waals surface area contributed by atoms with Gasteiger partial charge in [0.15, 0.2) is 0 Å². The highest BCUT2D eigenvalue weighted by molar-refractivity contribution is 7.86. The molecule has 0 aromatic heterocycles. The molecule has 2 N–H and O–H groups in total. The highest BCUT2D eigenvalue weighted by Crippen LogP contribution is 2.25. The van der Waals surface area contributed by atoms with Crippen LogP contribution < -0.4 is 0 Å². The van der Waals surface area contributed by atoms with Crippen molar-refractivity contribution in [2.75, 3.05) is 13.2 Å². The number of hydrogen-bond acceptors (Lipinski definition) is 6. The first-order chi connectivity index (χ1) is 8.00. The number of alkyl halides is 2. The van der Waals surface area contributed by atoms with Crippen molar-refractivity contribution in [1.29, 1.82) is 0 Å². The summed E-state index contributed by atoms with van der Waals surface area (Å²) in [5.41, 5.74) is 0.0683. The Morgan fingerprint density at radius 3 is 2.33 bits per heavy atom. The van der Waals surface area contributed by atoms with Crippen LogP contribution in [0.15, 0.2) is 12.2 Å². The van der Waals surface area contributed by atoms with E-state index >= 15 is 0 Å². The third-order valence-corrected chi connectivity index (χ3v) is 2.46. The molecule has 0 heterocycles. The van der Waals surface area contributed by atoms with E-state index in [0.29, 0.717) is 0 Å². The van der Waals surface area contributed by atoms with Crippen molar-refractivity contribution in [3.63, 3.8) is 0 Å². The van der Waals surface area contributed by atoms with E-state index in [2.05, 4.69) is 16.1 Å². The number of aliphatic hydroxyl groups excluding tert-OH is 1. The molecule has 0 bridgehead atoms. The lowest BCUT2D eigenvalue weighted by Gasteiger charge is -2.19. The molecule has 7 nitrogen and oxygen atoms in total. The Bertz CT molecular complexity index is 417. The molecule has 0 aromatic rings. The lowest BCUT2D eigenvalue weighted by atomic mass is 10.4. The minimum Gasteiger partial charge on any atom is -0.460 e. The summed E-state index contributed by atoms with van der Waals surface area (Å²) in [6, 6.07) is 0. The molecule has 0 aromatic carbocycles. The molecule has 106 valence electrons. The maximum absolute atomic E-state index is 12.7. The van der Waals surface area contributed by atoms with Gasteiger partial charge in [-0.05, 0) is 6.92 Å². The van der Waals surface area contributed by atoms with Crippen LogP contribution in [0.1, 0.15) is 6.92 Å². The van der Waals surface area contributed by atoms with Gasteiger partial charge < -0.3 is 14.6 Å². The summed E-state index contributed by atoms with van der Waals surface area (Å²) >= 11 is 0. The second-order valence-electron chi connectivity index (χ2n) is 3.18. The molecule has 0 amide bonds. The molecule has 10 heteroatoms. The number of carbonyl (C=O) groups is 1. The number of rotatable bonds is 7. The van der Waals surface area contributed by atoms with Crippen molar-refractivity contribution in [2.24, 2.45) is 0 Å². The van der Waals surface area contributed by atoms with E-state index < -0.39 is 40.8 Å². The lowest BCUT2D eigenvalue weighted by molar-refractivity contribution is -0.202. The van der Waals surface area contributed by atoms with Crippen LogP contribution in [0, 0.1) is 0 Å². The fraction of sp³-hybridized carbons (Fsp3) is 0.625. The van der Waals surface area contributed by atoms with Crippen molar-refractivity contribution in [3.05, 3.63) is 12.2 Å². The first-order valence-corrected chi connectivity index (χ1v) is 5.91. The van der Waals surface area contributed by atoms with Crippen LogP contribution in [0.2, 0.25) is 0 Å². The van der Waals surface area contributed by atoms with Gasteiger partial charge in [-0.2, -0.15) is 17.2 Å². The Kier molecular flexibility index (Phi) is 5.80. The molecule has 0 aliphatic carbocycles. The van der Waals surface area contributed by atoms with Crippen molar-refractivity contribution in [2.45, 2.75) is 18.5 Å². The van der Waals surface area contributed by atoms with Crippen LogP contribution in [0.25, 0.3) is 0 Å². The maximum atomic E-state index is 12.7. The van der Waals surface area contributed by atoms with Crippen LogP contribution in [0.5, 0.6) is 0 Å². The monoisotopic (exact) mass is 290 g/mol.